The van der Waals surface area contributed by atoms with Crippen LogP contribution in [0.5, 0.6) is 0 Å². The largest absolute Gasteiger partial charge is 0.388 e. The van der Waals surface area contributed by atoms with E-state index < -0.39 is 5.60 Å². The van der Waals surface area contributed by atoms with Crippen LogP contribution >= 0.6 is 15.9 Å². The summed E-state index contributed by atoms with van der Waals surface area (Å²) in [5.74, 6) is 0. The number of rotatable bonds is 3. The van der Waals surface area contributed by atoms with Crippen LogP contribution in [0.2, 0.25) is 0 Å². The Morgan fingerprint density at radius 3 is 2.55 bits per heavy atom. The number of halogens is 1. The van der Waals surface area contributed by atoms with Crippen molar-refractivity contribution in [3.05, 3.63) is 28.2 Å². The van der Waals surface area contributed by atoms with Gasteiger partial charge in [0.2, 0.25) is 0 Å². The fraction of sp³-hybridized carbons (Fsp3) is 0.562. The predicted molar refractivity (Wildman–Crippen MR) is 84.5 cm³/mol. The van der Waals surface area contributed by atoms with E-state index in [0.717, 1.165) is 35.8 Å². The first-order chi connectivity index (χ1) is 9.34. The molecule has 0 bridgehead atoms. The maximum Gasteiger partial charge on any atom is 0.101 e. The molecule has 2 N–H and O–H groups in total. The van der Waals surface area contributed by atoms with Gasteiger partial charge in [0.25, 0.3) is 0 Å². The number of benzene rings is 1. The molecule has 0 atom stereocenters. The van der Waals surface area contributed by atoms with Crippen molar-refractivity contribution >= 4 is 21.6 Å². The van der Waals surface area contributed by atoms with Crippen molar-refractivity contribution in [3.63, 3.8) is 0 Å². The second-order valence-corrected chi connectivity index (χ2v) is 7.46. The molecule has 20 heavy (non-hydrogen) atoms. The first-order valence-electron chi connectivity index (χ1n) is 7.00. The fourth-order valence-electron chi connectivity index (χ4n) is 2.59. The molecule has 1 fully saturated rings. The van der Waals surface area contributed by atoms with Gasteiger partial charge in [0.05, 0.1) is 16.9 Å². The van der Waals surface area contributed by atoms with Gasteiger partial charge in [-0.2, -0.15) is 5.26 Å². The molecule has 0 saturated heterocycles. The minimum atomic E-state index is -0.662. The van der Waals surface area contributed by atoms with Crippen molar-refractivity contribution in [1.82, 2.24) is 0 Å². The van der Waals surface area contributed by atoms with E-state index >= 15 is 0 Å². The Kier molecular flexibility index (Phi) is 4.41. The van der Waals surface area contributed by atoms with Crippen molar-refractivity contribution < 1.29 is 5.11 Å². The highest BCUT2D eigenvalue weighted by Gasteiger charge is 2.36. The van der Waals surface area contributed by atoms with Crippen molar-refractivity contribution in [2.24, 2.45) is 5.41 Å². The first-order valence-corrected chi connectivity index (χ1v) is 7.79. The lowest BCUT2D eigenvalue weighted by Crippen LogP contribution is -2.42. The van der Waals surface area contributed by atoms with Crippen LogP contribution < -0.4 is 5.32 Å². The molecule has 0 unspecified atom stereocenters. The quantitative estimate of drug-likeness (QED) is 0.874. The minimum Gasteiger partial charge on any atom is -0.388 e. The molecular weight excluding hydrogens is 316 g/mol. The summed E-state index contributed by atoms with van der Waals surface area (Å²) in [5, 5.41) is 23.0. The Hall–Kier alpha value is -1.05. The molecule has 1 aromatic carbocycles. The number of anilines is 1. The zero-order chi connectivity index (χ0) is 14.8. The number of aliphatic hydroxyl groups is 1. The molecule has 3 nitrogen and oxygen atoms in total. The van der Waals surface area contributed by atoms with Crippen LogP contribution in [0.3, 0.4) is 0 Å². The second-order valence-electron chi connectivity index (χ2n) is 6.54. The van der Waals surface area contributed by atoms with Crippen LogP contribution in [0.25, 0.3) is 0 Å². The average molecular weight is 337 g/mol. The van der Waals surface area contributed by atoms with E-state index in [2.05, 4.69) is 41.2 Å². The molecule has 1 aliphatic rings. The maximum atomic E-state index is 10.6. The third-order valence-electron chi connectivity index (χ3n) is 4.24. The van der Waals surface area contributed by atoms with E-state index in [-0.39, 0.29) is 0 Å². The lowest BCUT2D eigenvalue weighted by Gasteiger charge is -2.40. The van der Waals surface area contributed by atoms with Gasteiger partial charge in [-0.05, 0) is 49.3 Å². The maximum absolute atomic E-state index is 10.6. The highest BCUT2D eigenvalue weighted by Crippen LogP contribution is 2.40. The van der Waals surface area contributed by atoms with E-state index in [9.17, 15) is 5.11 Å². The summed E-state index contributed by atoms with van der Waals surface area (Å²) in [7, 11) is 0. The van der Waals surface area contributed by atoms with Crippen LogP contribution in [0.15, 0.2) is 22.7 Å². The van der Waals surface area contributed by atoms with Crippen molar-refractivity contribution in [2.45, 2.75) is 45.1 Å². The third-order valence-corrected chi connectivity index (χ3v) is 4.74. The topological polar surface area (TPSA) is 56.0 Å². The Labute approximate surface area is 129 Å². The van der Waals surface area contributed by atoms with E-state index in [1.807, 2.05) is 12.1 Å². The second kappa shape index (κ2) is 5.75. The van der Waals surface area contributed by atoms with Gasteiger partial charge in [-0.15, -0.1) is 0 Å². The van der Waals surface area contributed by atoms with Crippen molar-refractivity contribution in [2.75, 3.05) is 11.9 Å². The van der Waals surface area contributed by atoms with Gasteiger partial charge < -0.3 is 10.4 Å². The summed E-state index contributed by atoms with van der Waals surface area (Å²) in [6.07, 6.45) is 3.69. The Balaban J connectivity index is 2.02. The van der Waals surface area contributed by atoms with Crippen LogP contribution in [0, 0.1) is 16.7 Å². The number of nitrogens with zero attached hydrogens (tertiary/aromatic N) is 1. The minimum absolute atomic E-state index is 0.333. The standard InChI is InChI=1S/C16H21BrN2O/c1-15(2)5-7-16(20,8-6-15)11-19-14-9-13(17)4-3-12(14)10-18/h3-4,9,19-20H,5-8,11H2,1-2H3. The van der Waals surface area contributed by atoms with E-state index in [4.69, 9.17) is 5.26 Å². The summed E-state index contributed by atoms with van der Waals surface area (Å²) < 4.78 is 0.927. The van der Waals surface area contributed by atoms with Crippen molar-refractivity contribution in [3.8, 4) is 6.07 Å². The van der Waals surface area contributed by atoms with Gasteiger partial charge in [-0.25, -0.2) is 0 Å². The Morgan fingerprint density at radius 1 is 1.30 bits per heavy atom. The van der Waals surface area contributed by atoms with Gasteiger partial charge in [-0.1, -0.05) is 29.8 Å². The molecule has 1 saturated carbocycles. The van der Waals surface area contributed by atoms with Gasteiger partial charge in [-0.3, -0.25) is 0 Å². The van der Waals surface area contributed by atoms with E-state index in [0.29, 0.717) is 17.5 Å². The Bertz CT molecular complexity index is 524. The number of nitrogens with one attached hydrogen (secondary N) is 1. The SMILES string of the molecule is CC1(C)CCC(O)(CNc2cc(Br)ccc2C#N)CC1. The molecule has 2 rings (SSSR count). The number of nitriles is 1. The number of hydrogen-bond acceptors (Lipinski definition) is 3. The zero-order valence-corrected chi connectivity index (χ0v) is 13.6. The molecule has 1 aromatic rings. The molecule has 0 spiro atoms. The molecule has 0 aromatic heterocycles. The highest BCUT2D eigenvalue weighted by atomic mass is 79.9. The average Bonchev–Trinajstić information content (AvgIpc) is 2.41. The van der Waals surface area contributed by atoms with Crippen LogP contribution in [0.1, 0.15) is 45.1 Å². The first kappa shape index (κ1) is 15.3. The lowest BCUT2D eigenvalue weighted by molar-refractivity contribution is -0.0145. The van der Waals surface area contributed by atoms with Crippen LogP contribution in [-0.2, 0) is 0 Å². The van der Waals surface area contributed by atoms with Gasteiger partial charge in [0.1, 0.15) is 6.07 Å². The molecule has 0 amide bonds. The molecule has 0 heterocycles. The summed E-state index contributed by atoms with van der Waals surface area (Å²) in [6.45, 7) is 5.00. The van der Waals surface area contributed by atoms with Gasteiger partial charge >= 0.3 is 0 Å². The predicted octanol–water partition coefficient (Wildman–Crippen LogP) is 4.06. The lowest BCUT2D eigenvalue weighted by atomic mass is 9.71. The van der Waals surface area contributed by atoms with E-state index in [1.54, 1.807) is 6.07 Å². The summed E-state index contributed by atoms with van der Waals surface area (Å²) in [5.41, 5.74) is 1.05. The fourth-order valence-corrected chi connectivity index (χ4v) is 2.95. The molecule has 108 valence electrons. The summed E-state index contributed by atoms with van der Waals surface area (Å²) >= 11 is 3.41. The van der Waals surface area contributed by atoms with Crippen LogP contribution in [0.4, 0.5) is 5.69 Å². The number of hydrogen-bond donors (Lipinski definition) is 2. The summed E-state index contributed by atoms with van der Waals surface area (Å²) in [6, 6.07) is 7.68. The van der Waals surface area contributed by atoms with E-state index in [1.165, 1.54) is 0 Å². The molecule has 1 aliphatic carbocycles. The van der Waals surface area contributed by atoms with Crippen LogP contribution in [-0.4, -0.2) is 17.3 Å². The van der Waals surface area contributed by atoms with Gasteiger partial charge in [0, 0.05) is 11.0 Å². The molecule has 0 radical (unpaired) electrons. The normalized spacial score (nSPS) is 20.1. The smallest absolute Gasteiger partial charge is 0.101 e. The van der Waals surface area contributed by atoms with Crippen molar-refractivity contribution in [1.29, 1.82) is 5.26 Å². The van der Waals surface area contributed by atoms with Gasteiger partial charge in [0.15, 0.2) is 0 Å². The molecule has 0 aliphatic heterocycles. The Morgan fingerprint density at radius 2 is 1.95 bits per heavy atom. The molecular formula is C16H21BrN2O. The monoisotopic (exact) mass is 336 g/mol. The summed E-state index contributed by atoms with van der Waals surface area (Å²) in [4.78, 5) is 0. The zero-order valence-electron chi connectivity index (χ0n) is 12.0. The third kappa shape index (κ3) is 3.74. The molecule has 4 heteroatoms. The highest BCUT2D eigenvalue weighted by molar-refractivity contribution is 9.10.